The second-order valence-electron chi connectivity index (χ2n) is 6.25. The van der Waals surface area contributed by atoms with Gasteiger partial charge in [0.15, 0.2) is 0 Å². The number of rotatable bonds is 6. The molecule has 3 aromatic rings. The van der Waals surface area contributed by atoms with Gasteiger partial charge in [-0.1, -0.05) is 18.2 Å². The molecule has 0 N–H and O–H groups in total. The molecule has 3 aromatic carbocycles. The number of hydrogen-bond donors (Lipinski definition) is 0. The van der Waals surface area contributed by atoms with Crippen LogP contribution in [0.3, 0.4) is 0 Å². The predicted octanol–water partition coefficient (Wildman–Crippen LogP) is 4.68. The predicted molar refractivity (Wildman–Crippen MR) is 104 cm³/mol. The van der Waals surface area contributed by atoms with Crippen LogP contribution in [0, 0.1) is 18.6 Å². The van der Waals surface area contributed by atoms with Crippen molar-refractivity contribution in [1.82, 2.24) is 0 Å². The van der Waals surface area contributed by atoms with Gasteiger partial charge in [-0.05, 0) is 66.6 Å². The zero-order chi connectivity index (χ0) is 20.3. The molecule has 0 radical (unpaired) electrons. The zero-order valence-corrected chi connectivity index (χ0v) is 16.2. The number of benzene rings is 3. The minimum atomic E-state index is -4.05. The first-order valence-corrected chi connectivity index (χ1v) is 9.92. The number of sulfonamides is 1. The third-order valence-corrected chi connectivity index (χ3v) is 6.12. The van der Waals surface area contributed by atoms with Crippen molar-refractivity contribution in [3.63, 3.8) is 0 Å². The molecule has 0 aliphatic rings. The van der Waals surface area contributed by atoms with E-state index in [4.69, 9.17) is 4.74 Å². The van der Waals surface area contributed by atoms with Crippen molar-refractivity contribution in [3.05, 3.63) is 89.5 Å². The molecule has 0 fully saturated rings. The Labute approximate surface area is 163 Å². The second kappa shape index (κ2) is 7.98. The molecule has 4 nitrogen and oxygen atoms in total. The van der Waals surface area contributed by atoms with Crippen molar-refractivity contribution >= 4 is 15.7 Å². The van der Waals surface area contributed by atoms with Gasteiger partial charge in [0.1, 0.15) is 17.4 Å². The number of anilines is 1. The van der Waals surface area contributed by atoms with Crippen LogP contribution in [0.15, 0.2) is 71.6 Å². The van der Waals surface area contributed by atoms with Gasteiger partial charge in [0.05, 0.1) is 24.2 Å². The highest BCUT2D eigenvalue weighted by molar-refractivity contribution is 7.92. The fourth-order valence-corrected chi connectivity index (χ4v) is 4.13. The van der Waals surface area contributed by atoms with Crippen LogP contribution in [0.2, 0.25) is 0 Å². The summed E-state index contributed by atoms with van der Waals surface area (Å²) in [5, 5.41) is 0. The highest BCUT2D eigenvalue weighted by Gasteiger charge is 2.26. The smallest absolute Gasteiger partial charge is 0.264 e. The molecule has 0 heterocycles. The van der Waals surface area contributed by atoms with Crippen LogP contribution in [0.4, 0.5) is 14.5 Å². The molecule has 3 rings (SSSR count). The van der Waals surface area contributed by atoms with Gasteiger partial charge in [-0.2, -0.15) is 0 Å². The van der Waals surface area contributed by atoms with E-state index in [9.17, 15) is 17.2 Å². The van der Waals surface area contributed by atoms with Crippen molar-refractivity contribution < 1.29 is 21.9 Å². The maximum atomic E-state index is 14.1. The molecule has 0 bridgehead atoms. The van der Waals surface area contributed by atoms with Gasteiger partial charge in [0.2, 0.25) is 0 Å². The first-order chi connectivity index (χ1) is 13.3. The van der Waals surface area contributed by atoms with Crippen LogP contribution >= 0.6 is 0 Å². The van der Waals surface area contributed by atoms with Gasteiger partial charge in [-0.25, -0.2) is 17.2 Å². The molecule has 0 saturated heterocycles. The first-order valence-electron chi connectivity index (χ1n) is 8.48. The molecule has 0 aromatic heterocycles. The van der Waals surface area contributed by atoms with Gasteiger partial charge < -0.3 is 4.74 Å². The highest BCUT2D eigenvalue weighted by Crippen LogP contribution is 2.28. The van der Waals surface area contributed by atoms with Crippen molar-refractivity contribution in [2.24, 2.45) is 0 Å². The molecule has 7 heteroatoms. The van der Waals surface area contributed by atoms with Crippen molar-refractivity contribution in [3.8, 4) is 5.75 Å². The molecule has 28 heavy (non-hydrogen) atoms. The summed E-state index contributed by atoms with van der Waals surface area (Å²) in [5.74, 6) is -0.411. The van der Waals surface area contributed by atoms with E-state index >= 15 is 0 Å². The number of methoxy groups -OCH3 is 1. The fraction of sp³-hybridized carbons (Fsp3) is 0.143. The molecule has 0 aliphatic heterocycles. The minimum Gasteiger partial charge on any atom is -0.497 e. The van der Waals surface area contributed by atoms with Crippen LogP contribution in [0.5, 0.6) is 5.75 Å². The fourth-order valence-electron chi connectivity index (χ4n) is 2.68. The summed E-state index contributed by atoms with van der Waals surface area (Å²) in [5.41, 5.74) is 1.28. The standard InChI is InChI=1S/C21H19F2NO3S/c1-15-3-8-18(13-21(15)23)24(14-16-4-9-19(27-2)10-5-16)28(25,26)20-11-6-17(22)7-12-20/h3-13H,14H2,1-2H3. The van der Waals surface area contributed by atoms with Crippen molar-refractivity contribution in [2.75, 3.05) is 11.4 Å². The van der Waals surface area contributed by atoms with E-state index < -0.39 is 21.7 Å². The Morgan fingerprint density at radius 1 is 0.929 bits per heavy atom. The molecule has 146 valence electrons. The van der Waals surface area contributed by atoms with Crippen molar-refractivity contribution in [2.45, 2.75) is 18.4 Å². The zero-order valence-electron chi connectivity index (χ0n) is 15.4. The summed E-state index contributed by atoms with van der Waals surface area (Å²) in [6.45, 7) is 1.58. The van der Waals surface area contributed by atoms with E-state index in [1.807, 2.05) is 0 Å². The van der Waals surface area contributed by atoms with Crippen LogP contribution in [0.1, 0.15) is 11.1 Å². The van der Waals surface area contributed by atoms with Gasteiger partial charge >= 0.3 is 0 Å². The summed E-state index contributed by atoms with van der Waals surface area (Å²) in [4.78, 5) is -0.0802. The van der Waals surface area contributed by atoms with E-state index in [0.717, 1.165) is 16.4 Å². The van der Waals surface area contributed by atoms with E-state index in [0.29, 0.717) is 16.9 Å². The van der Waals surface area contributed by atoms with Gasteiger partial charge in [0.25, 0.3) is 10.0 Å². The highest BCUT2D eigenvalue weighted by atomic mass is 32.2. The number of aryl methyl sites for hydroxylation is 1. The van der Waals surface area contributed by atoms with E-state index in [1.165, 1.54) is 31.4 Å². The Kier molecular flexibility index (Phi) is 5.65. The minimum absolute atomic E-state index is 0.0216. The molecule has 0 saturated carbocycles. The summed E-state index contributed by atoms with van der Waals surface area (Å²) >= 11 is 0. The van der Waals surface area contributed by atoms with E-state index in [1.54, 1.807) is 37.3 Å². The lowest BCUT2D eigenvalue weighted by Gasteiger charge is -2.25. The summed E-state index contributed by atoms with van der Waals surface area (Å²) in [7, 11) is -2.51. The lowest BCUT2D eigenvalue weighted by molar-refractivity contribution is 0.414. The Hall–Kier alpha value is -2.93. The largest absolute Gasteiger partial charge is 0.497 e. The van der Waals surface area contributed by atoms with Gasteiger partial charge in [-0.3, -0.25) is 4.31 Å². The molecule has 0 atom stereocenters. The Morgan fingerprint density at radius 2 is 1.57 bits per heavy atom. The summed E-state index contributed by atoms with van der Waals surface area (Å²) < 4.78 is 60.0. The lowest BCUT2D eigenvalue weighted by atomic mass is 10.2. The topological polar surface area (TPSA) is 46.6 Å². The Bertz CT molecular complexity index is 1070. The van der Waals surface area contributed by atoms with Crippen molar-refractivity contribution in [1.29, 1.82) is 0 Å². The van der Waals surface area contributed by atoms with Crippen LogP contribution < -0.4 is 9.04 Å². The average Bonchev–Trinajstić information content (AvgIpc) is 2.69. The van der Waals surface area contributed by atoms with E-state index in [-0.39, 0.29) is 17.1 Å². The number of ether oxygens (including phenoxy) is 1. The maximum Gasteiger partial charge on any atom is 0.264 e. The molecule has 0 amide bonds. The maximum absolute atomic E-state index is 14.1. The van der Waals surface area contributed by atoms with Crippen LogP contribution in [-0.2, 0) is 16.6 Å². The molecule has 0 aliphatic carbocycles. The van der Waals surface area contributed by atoms with Gasteiger partial charge in [0, 0.05) is 0 Å². The van der Waals surface area contributed by atoms with E-state index in [2.05, 4.69) is 0 Å². The monoisotopic (exact) mass is 403 g/mol. The number of nitrogens with zero attached hydrogens (tertiary/aromatic N) is 1. The quantitative estimate of drug-likeness (QED) is 0.601. The molecule has 0 spiro atoms. The first kappa shape index (κ1) is 19.8. The molecular formula is C21H19F2NO3S. The third-order valence-electron chi connectivity index (χ3n) is 4.33. The molecular weight excluding hydrogens is 384 g/mol. The average molecular weight is 403 g/mol. The number of hydrogen-bond acceptors (Lipinski definition) is 3. The summed E-state index contributed by atoms with van der Waals surface area (Å²) in [6, 6.07) is 15.7. The third kappa shape index (κ3) is 4.14. The Balaban J connectivity index is 2.07. The lowest BCUT2D eigenvalue weighted by Crippen LogP contribution is -2.30. The molecule has 0 unspecified atom stereocenters. The number of halogens is 2. The SMILES string of the molecule is COc1ccc(CN(c2ccc(C)c(F)c2)S(=O)(=O)c2ccc(F)cc2)cc1. The Morgan fingerprint density at radius 3 is 2.14 bits per heavy atom. The van der Waals surface area contributed by atoms with Crippen LogP contribution in [-0.4, -0.2) is 15.5 Å². The van der Waals surface area contributed by atoms with Crippen LogP contribution in [0.25, 0.3) is 0 Å². The van der Waals surface area contributed by atoms with Gasteiger partial charge in [-0.15, -0.1) is 0 Å². The summed E-state index contributed by atoms with van der Waals surface area (Å²) in [6.07, 6.45) is 0. The second-order valence-corrected chi connectivity index (χ2v) is 8.11. The normalized spacial score (nSPS) is 11.3.